The van der Waals surface area contributed by atoms with Gasteiger partial charge in [-0.05, 0) is 71.9 Å². The van der Waals surface area contributed by atoms with Gasteiger partial charge in [-0.2, -0.15) is 0 Å². The second-order valence-corrected chi connectivity index (χ2v) is 6.81. The van der Waals surface area contributed by atoms with Crippen LogP contribution in [0.3, 0.4) is 0 Å². The van der Waals surface area contributed by atoms with Gasteiger partial charge in [0.1, 0.15) is 5.75 Å². The van der Waals surface area contributed by atoms with Crippen LogP contribution in [0.5, 0.6) is 5.75 Å². The first-order chi connectivity index (χ1) is 9.76. The summed E-state index contributed by atoms with van der Waals surface area (Å²) in [6.07, 6.45) is 4.08. The zero-order valence-electron chi connectivity index (χ0n) is 12.1. The van der Waals surface area contributed by atoms with Gasteiger partial charge in [-0.25, -0.2) is 0 Å². The normalized spacial score (nSPS) is 24.4. The van der Waals surface area contributed by atoms with Crippen LogP contribution in [-0.2, 0) is 6.54 Å². The molecule has 3 nitrogen and oxygen atoms in total. The summed E-state index contributed by atoms with van der Waals surface area (Å²) in [6.45, 7) is 4.59. The lowest BCUT2D eigenvalue weighted by atomic mass is 10.1. The molecule has 20 heavy (non-hydrogen) atoms. The molecule has 2 fully saturated rings. The fourth-order valence-electron chi connectivity index (χ4n) is 3.05. The summed E-state index contributed by atoms with van der Waals surface area (Å²) in [5.41, 5.74) is 1.36. The van der Waals surface area contributed by atoms with Crippen LogP contribution in [0.4, 0.5) is 0 Å². The van der Waals surface area contributed by atoms with Crippen molar-refractivity contribution in [3.8, 4) is 5.75 Å². The number of rotatable bonds is 4. The van der Waals surface area contributed by atoms with E-state index in [0.717, 1.165) is 22.7 Å². The maximum absolute atomic E-state index is 5.30. The fraction of sp³-hybridized carbons (Fsp3) is 0.625. The number of hydrogen-bond acceptors (Lipinski definition) is 3. The highest BCUT2D eigenvalue weighted by Gasteiger charge is 2.32. The Morgan fingerprint density at radius 3 is 2.95 bits per heavy atom. The predicted octanol–water partition coefficient (Wildman–Crippen LogP) is 3.03. The maximum atomic E-state index is 5.30. The molecule has 1 saturated heterocycles. The fourth-order valence-corrected chi connectivity index (χ4v) is 3.64. The maximum Gasteiger partial charge on any atom is 0.133 e. The van der Waals surface area contributed by atoms with E-state index in [-0.39, 0.29) is 0 Å². The van der Waals surface area contributed by atoms with Crippen molar-refractivity contribution in [2.45, 2.75) is 31.8 Å². The number of nitrogens with zero attached hydrogens (tertiary/aromatic N) is 1. The molecule has 1 atom stereocenters. The second-order valence-electron chi connectivity index (χ2n) is 5.96. The minimum absolute atomic E-state index is 0.708. The molecule has 2 aliphatic rings. The molecule has 4 heteroatoms. The highest BCUT2D eigenvalue weighted by atomic mass is 79.9. The van der Waals surface area contributed by atoms with Gasteiger partial charge >= 0.3 is 0 Å². The summed E-state index contributed by atoms with van der Waals surface area (Å²) < 4.78 is 6.34. The van der Waals surface area contributed by atoms with E-state index in [2.05, 4.69) is 38.3 Å². The van der Waals surface area contributed by atoms with E-state index >= 15 is 0 Å². The van der Waals surface area contributed by atoms with Gasteiger partial charge in [-0.1, -0.05) is 6.07 Å². The zero-order chi connectivity index (χ0) is 13.9. The van der Waals surface area contributed by atoms with E-state index in [9.17, 15) is 0 Å². The lowest BCUT2D eigenvalue weighted by molar-refractivity contribution is 0.250. The molecule has 0 radical (unpaired) electrons. The van der Waals surface area contributed by atoms with E-state index in [0.29, 0.717) is 6.04 Å². The van der Waals surface area contributed by atoms with Gasteiger partial charge in [0.2, 0.25) is 0 Å². The minimum atomic E-state index is 0.708. The summed E-state index contributed by atoms with van der Waals surface area (Å²) in [6, 6.07) is 7.12. The number of methoxy groups -OCH3 is 1. The molecular weight excluding hydrogens is 316 g/mol. The van der Waals surface area contributed by atoms with Crippen LogP contribution in [0, 0.1) is 5.92 Å². The Bertz CT molecular complexity index is 462. The van der Waals surface area contributed by atoms with Gasteiger partial charge < -0.3 is 10.1 Å². The Hall–Kier alpha value is -0.580. The van der Waals surface area contributed by atoms with Gasteiger partial charge in [0.15, 0.2) is 0 Å². The first-order valence-corrected chi connectivity index (χ1v) is 8.33. The molecule has 0 amide bonds. The molecule has 110 valence electrons. The highest BCUT2D eigenvalue weighted by molar-refractivity contribution is 9.10. The average molecular weight is 339 g/mol. The van der Waals surface area contributed by atoms with Crippen LogP contribution in [0.15, 0.2) is 22.7 Å². The smallest absolute Gasteiger partial charge is 0.133 e. The number of nitrogens with one attached hydrogen (secondary N) is 1. The van der Waals surface area contributed by atoms with E-state index in [4.69, 9.17) is 4.74 Å². The van der Waals surface area contributed by atoms with E-state index in [1.165, 1.54) is 44.5 Å². The van der Waals surface area contributed by atoms with Crippen molar-refractivity contribution in [3.63, 3.8) is 0 Å². The van der Waals surface area contributed by atoms with Crippen LogP contribution < -0.4 is 10.1 Å². The second kappa shape index (κ2) is 6.46. The van der Waals surface area contributed by atoms with E-state index in [1.807, 2.05) is 6.07 Å². The van der Waals surface area contributed by atoms with E-state index in [1.54, 1.807) is 7.11 Å². The van der Waals surface area contributed by atoms with E-state index < -0.39 is 0 Å². The highest BCUT2D eigenvalue weighted by Crippen LogP contribution is 2.34. The first-order valence-electron chi connectivity index (χ1n) is 7.54. The van der Waals surface area contributed by atoms with Crippen molar-refractivity contribution in [1.29, 1.82) is 0 Å². The Labute approximate surface area is 129 Å². The van der Waals surface area contributed by atoms with Crippen LogP contribution in [-0.4, -0.2) is 37.7 Å². The molecule has 1 unspecified atom stereocenters. The summed E-state index contributed by atoms with van der Waals surface area (Å²) in [5, 5.41) is 3.72. The molecule has 0 bridgehead atoms. The molecule has 1 N–H and O–H groups in total. The SMILES string of the molecule is COc1ccc(CN2CCCNC(C3CC3)C2)cc1Br. The molecule has 1 aromatic rings. The molecule has 1 saturated carbocycles. The Morgan fingerprint density at radius 2 is 2.25 bits per heavy atom. The summed E-state index contributed by atoms with van der Waals surface area (Å²) in [4.78, 5) is 2.59. The van der Waals surface area contributed by atoms with Gasteiger partial charge in [-0.3, -0.25) is 4.90 Å². The molecule has 1 aliphatic carbocycles. The van der Waals surface area contributed by atoms with Gasteiger partial charge in [-0.15, -0.1) is 0 Å². The van der Waals surface area contributed by atoms with Crippen molar-refractivity contribution < 1.29 is 4.74 Å². The number of hydrogen-bond donors (Lipinski definition) is 1. The first kappa shape index (κ1) is 14.4. The van der Waals surface area contributed by atoms with Crippen molar-refractivity contribution in [3.05, 3.63) is 28.2 Å². The molecule has 1 heterocycles. The predicted molar refractivity (Wildman–Crippen MR) is 85.1 cm³/mol. The minimum Gasteiger partial charge on any atom is -0.496 e. The molecule has 3 rings (SSSR count). The van der Waals surface area contributed by atoms with Crippen LogP contribution >= 0.6 is 15.9 Å². The quantitative estimate of drug-likeness (QED) is 0.913. The van der Waals surface area contributed by atoms with Crippen LogP contribution in [0.25, 0.3) is 0 Å². The van der Waals surface area contributed by atoms with Crippen LogP contribution in [0.2, 0.25) is 0 Å². The summed E-state index contributed by atoms with van der Waals surface area (Å²) >= 11 is 3.58. The van der Waals surface area contributed by atoms with Gasteiger partial charge in [0.05, 0.1) is 11.6 Å². The molecular formula is C16H23BrN2O. The summed E-state index contributed by atoms with van der Waals surface area (Å²) in [7, 11) is 1.71. The molecule has 1 aliphatic heterocycles. The Morgan fingerprint density at radius 1 is 1.40 bits per heavy atom. The monoisotopic (exact) mass is 338 g/mol. The third-order valence-corrected chi connectivity index (χ3v) is 4.95. The molecule has 1 aromatic carbocycles. The number of ether oxygens (including phenoxy) is 1. The summed E-state index contributed by atoms with van der Waals surface area (Å²) in [5.74, 6) is 1.83. The van der Waals surface area contributed by atoms with Crippen LogP contribution in [0.1, 0.15) is 24.8 Å². The number of benzene rings is 1. The lowest BCUT2D eigenvalue weighted by Crippen LogP contribution is -2.38. The van der Waals surface area contributed by atoms with Gasteiger partial charge in [0.25, 0.3) is 0 Å². The topological polar surface area (TPSA) is 24.5 Å². The van der Waals surface area contributed by atoms with Crippen molar-refractivity contribution in [2.75, 3.05) is 26.7 Å². The van der Waals surface area contributed by atoms with Gasteiger partial charge in [0, 0.05) is 19.1 Å². The standard InChI is InChI=1S/C16H23BrN2O/c1-20-16-6-3-12(9-14(16)17)10-19-8-2-7-18-15(11-19)13-4-5-13/h3,6,9,13,15,18H,2,4-5,7-8,10-11H2,1H3. The third kappa shape index (κ3) is 3.54. The Kier molecular flexibility index (Phi) is 4.64. The van der Waals surface area contributed by atoms with Crippen molar-refractivity contribution >= 4 is 15.9 Å². The largest absolute Gasteiger partial charge is 0.496 e. The Balaban J connectivity index is 1.64. The zero-order valence-corrected chi connectivity index (χ0v) is 13.7. The van der Waals surface area contributed by atoms with Crippen molar-refractivity contribution in [1.82, 2.24) is 10.2 Å². The average Bonchev–Trinajstić information content (AvgIpc) is 3.25. The third-order valence-electron chi connectivity index (χ3n) is 4.33. The number of halogens is 1. The molecule has 0 spiro atoms. The lowest BCUT2D eigenvalue weighted by Gasteiger charge is -2.24. The molecule has 0 aromatic heterocycles. The van der Waals surface area contributed by atoms with Crippen molar-refractivity contribution in [2.24, 2.45) is 5.92 Å².